The monoisotopic (exact) mass is 373 g/mol. The van der Waals surface area contributed by atoms with Crippen LogP contribution in [0.25, 0.3) is 5.65 Å². The average Bonchev–Trinajstić information content (AvgIpc) is 3.43. The standard InChI is InChI=1S/C18H17F2N5O2/c1-10(12-4-5-13(19)14(20)8-12)22-15(26)9-25-18(27)24-7-6-21-16(11-2-3-11)17(24)23-25/h4-8,10-11H,2-3,9H2,1H3,(H,22,26)/t10-/m0/s1. The van der Waals surface area contributed by atoms with Crippen LogP contribution in [0.15, 0.2) is 35.4 Å². The van der Waals surface area contributed by atoms with E-state index >= 15 is 0 Å². The van der Waals surface area contributed by atoms with E-state index in [0.29, 0.717) is 17.1 Å². The van der Waals surface area contributed by atoms with Crippen LogP contribution < -0.4 is 11.0 Å². The van der Waals surface area contributed by atoms with Crippen LogP contribution in [-0.4, -0.2) is 25.1 Å². The highest BCUT2D eigenvalue weighted by Gasteiger charge is 2.29. The molecule has 1 aliphatic rings. The molecule has 4 rings (SSSR count). The summed E-state index contributed by atoms with van der Waals surface area (Å²) in [6, 6.07) is 2.88. The van der Waals surface area contributed by atoms with Gasteiger partial charge in [-0.05, 0) is 37.5 Å². The van der Waals surface area contributed by atoms with Gasteiger partial charge in [-0.1, -0.05) is 6.07 Å². The molecule has 1 N–H and O–H groups in total. The minimum Gasteiger partial charge on any atom is -0.348 e. The Morgan fingerprint density at radius 1 is 1.33 bits per heavy atom. The SMILES string of the molecule is C[C@H](NC(=O)Cn1nc2c(C3CC3)nccn2c1=O)c1ccc(F)c(F)c1. The maximum Gasteiger partial charge on any atom is 0.350 e. The first-order chi connectivity index (χ1) is 12.9. The second kappa shape index (κ2) is 6.57. The Labute approximate surface area is 152 Å². The third-order valence-electron chi connectivity index (χ3n) is 4.61. The first kappa shape index (κ1) is 17.3. The third-order valence-corrected chi connectivity index (χ3v) is 4.61. The summed E-state index contributed by atoms with van der Waals surface area (Å²) < 4.78 is 28.8. The molecule has 0 spiro atoms. The molecule has 1 atom stereocenters. The van der Waals surface area contributed by atoms with E-state index in [2.05, 4.69) is 15.4 Å². The van der Waals surface area contributed by atoms with Gasteiger partial charge in [-0.25, -0.2) is 22.7 Å². The molecule has 1 aromatic carbocycles. The number of hydrogen-bond donors (Lipinski definition) is 1. The van der Waals surface area contributed by atoms with E-state index in [4.69, 9.17) is 0 Å². The van der Waals surface area contributed by atoms with Gasteiger partial charge in [-0.2, -0.15) is 0 Å². The summed E-state index contributed by atoms with van der Waals surface area (Å²) in [5.41, 5.74) is 1.23. The molecule has 0 saturated heterocycles. The molecule has 1 saturated carbocycles. The van der Waals surface area contributed by atoms with Crippen molar-refractivity contribution in [1.82, 2.24) is 24.5 Å². The lowest BCUT2D eigenvalue weighted by molar-refractivity contribution is -0.122. The van der Waals surface area contributed by atoms with Crippen molar-refractivity contribution in [2.75, 3.05) is 0 Å². The predicted octanol–water partition coefficient (Wildman–Crippen LogP) is 1.92. The number of hydrogen-bond acceptors (Lipinski definition) is 4. The minimum atomic E-state index is -0.981. The zero-order valence-corrected chi connectivity index (χ0v) is 14.5. The van der Waals surface area contributed by atoms with Crippen LogP contribution in [0.1, 0.15) is 43.0 Å². The van der Waals surface area contributed by atoms with Crippen LogP contribution >= 0.6 is 0 Å². The zero-order valence-electron chi connectivity index (χ0n) is 14.5. The summed E-state index contributed by atoms with van der Waals surface area (Å²) in [6.45, 7) is 1.37. The minimum absolute atomic E-state index is 0.279. The average molecular weight is 373 g/mol. The normalized spacial score (nSPS) is 15.1. The van der Waals surface area contributed by atoms with Crippen LogP contribution in [0.4, 0.5) is 8.78 Å². The molecule has 140 valence electrons. The second-order valence-corrected chi connectivity index (χ2v) is 6.68. The van der Waals surface area contributed by atoms with Gasteiger partial charge < -0.3 is 5.32 Å². The van der Waals surface area contributed by atoms with Crippen LogP contribution in [0, 0.1) is 11.6 Å². The number of carbonyl (C=O) groups excluding carboxylic acids is 1. The molecule has 0 bridgehead atoms. The van der Waals surface area contributed by atoms with Gasteiger partial charge in [0.05, 0.1) is 11.7 Å². The molecule has 9 heteroatoms. The zero-order chi connectivity index (χ0) is 19.1. The third kappa shape index (κ3) is 3.32. The summed E-state index contributed by atoms with van der Waals surface area (Å²) in [7, 11) is 0. The van der Waals surface area contributed by atoms with Gasteiger partial charge in [0.25, 0.3) is 0 Å². The van der Waals surface area contributed by atoms with E-state index in [0.717, 1.165) is 35.4 Å². The van der Waals surface area contributed by atoms with Gasteiger partial charge in [0, 0.05) is 18.3 Å². The van der Waals surface area contributed by atoms with Crippen molar-refractivity contribution < 1.29 is 13.6 Å². The van der Waals surface area contributed by atoms with Gasteiger partial charge >= 0.3 is 5.69 Å². The highest BCUT2D eigenvalue weighted by atomic mass is 19.2. The number of amides is 1. The number of nitrogens with zero attached hydrogens (tertiary/aromatic N) is 4. The lowest BCUT2D eigenvalue weighted by atomic mass is 10.1. The molecule has 0 unspecified atom stereocenters. The number of halogens is 2. The number of benzene rings is 1. The smallest absolute Gasteiger partial charge is 0.348 e. The second-order valence-electron chi connectivity index (χ2n) is 6.68. The van der Waals surface area contributed by atoms with Crippen molar-refractivity contribution in [3.63, 3.8) is 0 Å². The van der Waals surface area contributed by atoms with Crippen LogP contribution in [0.5, 0.6) is 0 Å². The Bertz CT molecular complexity index is 1090. The lowest BCUT2D eigenvalue weighted by Gasteiger charge is -2.14. The van der Waals surface area contributed by atoms with E-state index in [1.54, 1.807) is 13.1 Å². The lowest BCUT2D eigenvalue weighted by Crippen LogP contribution is -2.34. The molecule has 2 aromatic heterocycles. The highest BCUT2D eigenvalue weighted by molar-refractivity contribution is 5.76. The molecule has 7 nitrogen and oxygen atoms in total. The fourth-order valence-electron chi connectivity index (χ4n) is 3.00. The number of aromatic nitrogens is 4. The molecule has 1 fully saturated rings. The first-order valence-electron chi connectivity index (χ1n) is 8.62. The summed E-state index contributed by atoms with van der Waals surface area (Å²) in [4.78, 5) is 29.1. The van der Waals surface area contributed by atoms with Gasteiger partial charge in [0.1, 0.15) is 6.54 Å². The predicted molar refractivity (Wildman–Crippen MR) is 92.1 cm³/mol. The van der Waals surface area contributed by atoms with Crippen molar-refractivity contribution in [2.24, 2.45) is 0 Å². The maximum atomic E-state index is 13.4. The molecule has 3 aromatic rings. The van der Waals surface area contributed by atoms with Gasteiger partial charge in [0.15, 0.2) is 17.3 Å². The van der Waals surface area contributed by atoms with Crippen molar-refractivity contribution in [1.29, 1.82) is 0 Å². The Hall–Kier alpha value is -3.10. The van der Waals surface area contributed by atoms with Crippen molar-refractivity contribution in [3.8, 4) is 0 Å². The topological polar surface area (TPSA) is 81.3 Å². The van der Waals surface area contributed by atoms with Crippen molar-refractivity contribution in [3.05, 3.63) is 64.0 Å². The Morgan fingerprint density at radius 2 is 2.11 bits per heavy atom. The van der Waals surface area contributed by atoms with E-state index in [1.165, 1.54) is 16.7 Å². The summed E-state index contributed by atoms with van der Waals surface area (Å²) >= 11 is 0. The Morgan fingerprint density at radius 3 is 2.81 bits per heavy atom. The van der Waals surface area contributed by atoms with E-state index in [1.807, 2.05) is 0 Å². The Kier molecular flexibility index (Phi) is 4.21. The van der Waals surface area contributed by atoms with Crippen molar-refractivity contribution >= 4 is 11.6 Å². The molecular formula is C18H17F2N5O2. The van der Waals surface area contributed by atoms with E-state index < -0.39 is 29.3 Å². The highest BCUT2D eigenvalue weighted by Crippen LogP contribution is 2.39. The van der Waals surface area contributed by atoms with Crippen LogP contribution in [-0.2, 0) is 11.3 Å². The molecule has 0 aliphatic heterocycles. The number of rotatable bonds is 5. The van der Waals surface area contributed by atoms with Crippen molar-refractivity contribution in [2.45, 2.75) is 38.3 Å². The first-order valence-corrected chi connectivity index (χ1v) is 8.62. The molecule has 27 heavy (non-hydrogen) atoms. The number of carbonyl (C=O) groups is 1. The van der Waals surface area contributed by atoms with E-state index in [9.17, 15) is 18.4 Å². The number of nitrogens with one attached hydrogen (secondary N) is 1. The summed E-state index contributed by atoms with van der Waals surface area (Å²) in [5.74, 6) is -2.08. The molecule has 1 aliphatic carbocycles. The van der Waals surface area contributed by atoms with Gasteiger partial charge in [0.2, 0.25) is 5.91 Å². The summed E-state index contributed by atoms with van der Waals surface area (Å²) in [5, 5.41) is 6.91. The Balaban J connectivity index is 1.52. The largest absolute Gasteiger partial charge is 0.350 e. The molecular weight excluding hydrogens is 356 g/mol. The molecule has 1 amide bonds. The fourth-order valence-corrected chi connectivity index (χ4v) is 3.00. The fraction of sp³-hybridized carbons (Fsp3) is 0.333. The maximum absolute atomic E-state index is 13.4. The van der Waals surface area contributed by atoms with Gasteiger partial charge in [-0.15, -0.1) is 5.10 Å². The van der Waals surface area contributed by atoms with Crippen LogP contribution in [0.2, 0.25) is 0 Å². The number of fused-ring (bicyclic) bond motifs is 1. The quantitative estimate of drug-likeness (QED) is 0.741. The molecule has 2 heterocycles. The van der Waals surface area contributed by atoms with E-state index in [-0.39, 0.29) is 6.54 Å². The van der Waals surface area contributed by atoms with Gasteiger partial charge in [-0.3, -0.25) is 9.78 Å². The molecule has 0 radical (unpaired) electrons. The van der Waals surface area contributed by atoms with Crippen LogP contribution in [0.3, 0.4) is 0 Å². The summed E-state index contributed by atoms with van der Waals surface area (Å²) in [6.07, 6.45) is 5.11.